The predicted molar refractivity (Wildman–Crippen MR) is 120 cm³/mol. The van der Waals surface area contributed by atoms with Crippen LogP contribution in [0.1, 0.15) is 56.9 Å². The van der Waals surface area contributed by atoms with Gasteiger partial charge in [0.05, 0.1) is 12.4 Å². The first-order valence-electron chi connectivity index (χ1n) is 10.7. The molecule has 0 bridgehead atoms. The topological polar surface area (TPSA) is 105 Å². The lowest BCUT2D eigenvalue weighted by Gasteiger charge is -2.30. The summed E-state index contributed by atoms with van der Waals surface area (Å²) in [5.41, 5.74) is 9.61. The molecule has 8 heteroatoms. The minimum atomic E-state index is -0.526. The van der Waals surface area contributed by atoms with Crippen LogP contribution in [0, 0.1) is 0 Å². The van der Waals surface area contributed by atoms with Crippen LogP contribution in [-0.2, 0) is 6.54 Å². The second-order valence-electron chi connectivity index (χ2n) is 8.34. The standard InChI is InChI=1S/C22H31N7O/c1-14(2)29-13-25-19-20(24-12-16-6-4-5-7-18(16)15(3)30)26-22(27-21(19)29)28-10-8-17(23)9-11-28/h4-7,13-15,17,30H,8-12,23H2,1-3H3,(H,24,26,27). The largest absolute Gasteiger partial charge is 0.389 e. The number of nitrogens with two attached hydrogens (primary N) is 1. The molecule has 30 heavy (non-hydrogen) atoms. The van der Waals surface area contributed by atoms with Crippen molar-refractivity contribution >= 4 is 22.9 Å². The van der Waals surface area contributed by atoms with Crippen LogP contribution >= 0.6 is 0 Å². The maximum Gasteiger partial charge on any atom is 0.229 e. The van der Waals surface area contributed by atoms with Crippen molar-refractivity contribution < 1.29 is 5.11 Å². The average molecular weight is 410 g/mol. The smallest absolute Gasteiger partial charge is 0.229 e. The predicted octanol–water partition coefficient (Wildman–Crippen LogP) is 3.00. The first kappa shape index (κ1) is 20.6. The van der Waals surface area contributed by atoms with Gasteiger partial charge in [-0.1, -0.05) is 24.3 Å². The molecular weight excluding hydrogens is 378 g/mol. The first-order valence-corrected chi connectivity index (χ1v) is 10.7. The molecule has 0 saturated carbocycles. The average Bonchev–Trinajstić information content (AvgIpc) is 3.17. The highest BCUT2D eigenvalue weighted by Gasteiger charge is 2.22. The van der Waals surface area contributed by atoms with E-state index in [9.17, 15) is 5.11 Å². The van der Waals surface area contributed by atoms with Gasteiger partial charge in [-0.25, -0.2) is 4.98 Å². The number of imidazole rings is 1. The number of anilines is 2. The Labute approximate surface area is 177 Å². The van der Waals surface area contributed by atoms with Gasteiger partial charge in [0, 0.05) is 31.7 Å². The van der Waals surface area contributed by atoms with Crippen molar-refractivity contribution in [3.8, 4) is 0 Å². The van der Waals surface area contributed by atoms with Gasteiger partial charge in [0.15, 0.2) is 17.0 Å². The van der Waals surface area contributed by atoms with Crippen LogP contribution in [0.2, 0.25) is 0 Å². The molecule has 1 aliphatic heterocycles. The Balaban J connectivity index is 1.69. The third-order valence-corrected chi connectivity index (χ3v) is 5.74. The van der Waals surface area contributed by atoms with E-state index in [4.69, 9.17) is 15.7 Å². The summed E-state index contributed by atoms with van der Waals surface area (Å²) in [5, 5.41) is 13.5. The zero-order valence-electron chi connectivity index (χ0n) is 17.9. The number of nitrogens with zero attached hydrogens (tertiary/aromatic N) is 5. The van der Waals surface area contributed by atoms with Crippen LogP contribution in [0.25, 0.3) is 11.2 Å². The van der Waals surface area contributed by atoms with Gasteiger partial charge in [-0.3, -0.25) is 0 Å². The second kappa shape index (κ2) is 8.57. The summed E-state index contributed by atoms with van der Waals surface area (Å²) < 4.78 is 2.07. The minimum absolute atomic E-state index is 0.247. The molecule has 3 aromatic rings. The number of nitrogens with one attached hydrogen (secondary N) is 1. The summed E-state index contributed by atoms with van der Waals surface area (Å²) in [7, 11) is 0. The summed E-state index contributed by atoms with van der Waals surface area (Å²) in [4.78, 5) is 16.5. The Hall–Kier alpha value is -2.71. The van der Waals surface area contributed by atoms with E-state index in [1.165, 1.54) is 0 Å². The lowest BCUT2D eigenvalue weighted by atomic mass is 10.0. The second-order valence-corrected chi connectivity index (χ2v) is 8.34. The summed E-state index contributed by atoms with van der Waals surface area (Å²) in [5.74, 6) is 1.42. The lowest BCUT2D eigenvalue weighted by molar-refractivity contribution is 0.198. The van der Waals surface area contributed by atoms with Gasteiger partial charge in [-0.05, 0) is 44.7 Å². The number of rotatable bonds is 6. The zero-order valence-corrected chi connectivity index (χ0v) is 17.9. The number of hydrogen-bond acceptors (Lipinski definition) is 7. The molecule has 0 aliphatic carbocycles. The Morgan fingerprint density at radius 3 is 2.60 bits per heavy atom. The lowest BCUT2D eigenvalue weighted by Crippen LogP contribution is -2.40. The molecule has 8 nitrogen and oxygen atoms in total. The Kier molecular flexibility index (Phi) is 5.87. The fourth-order valence-electron chi connectivity index (χ4n) is 3.93. The van der Waals surface area contributed by atoms with E-state index in [0.29, 0.717) is 18.3 Å². The van der Waals surface area contributed by atoms with Crippen LogP contribution in [0.3, 0.4) is 0 Å². The van der Waals surface area contributed by atoms with E-state index in [-0.39, 0.29) is 12.1 Å². The van der Waals surface area contributed by atoms with Crippen molar-refractivity contribution in [1.82, 2.24) is 19.5 Å². The van der Waals surface area contributed by atoms with Crippen molar-refractivity contribution in [3.05, 3.63) is 41.7 Å². The van der Waals surface area contributed by atoms with Gasteiger partial charge in [-0.2, -0.15) is 9.97 Å². The highest BCUT2D eigenvalue weighted by atomic mass is 16.3. The molecule has 4 rings (SSSR count). The number of aliphatic hydroxyl groups is 1. The van der Waals surface area contributed by atoms with E-state index < -0.39 is 6.10 Å². The molecule has 1 aromatic carbocycles. The van der Waals surface area contributed by atoms with Crippen molar-refractivity contribution in [2.45, 2.75) is 58.3 Å². The molecule has 0 spiro atoms. The quantitative estimate of drug-likeness (QED) is 0.575. The third kappa shape index (κ3) is 4.11. The fourth-order valence-corrected chi connectivity index (χ4v) is 3.93. The molecule has 0 amide bonds. The first-order chi connectivity index (χ1) is 14.4. The van der Waals surface area contributed by atoms with Crippen LogP contribution in [0.5, 0.6) is 0 Å². The maximum absolute atomic E-state index is 10.1. The highest BCUT2D eigenvalue weighted by Crippen LogP contribution is 2.27. The molecule has 3 heterocycles. The fraction of sp³-hybridized carbons (Fsp3) is 0.500. The van der Waals surface area contributed by atoms with Crippen molar-refractivity contribution in [1.29, 1.82) is 0 Å². The van der Waals surface area contributed by atoms with Crippen molar-refractivity contribution in [2.75, 3.05) is 23.3 Å². The highest BCUT2D eigenvalue weighted by molar-refractivity contribution is 5.84. The molecule has 4 N–H and O–H groups in total. The monoisotopic (exact) mass is 409 g/mol. The van der Waals surface area contributed by atoms with Gasteiger partial charge < -0.3 is 25.6 Å². The molecule has 160 valence electrons. The van der Waals surface area contributed by atoms with Crippen LogP contribution in [0.15, 0.2) is 30.6 Å². The SMILES string of the molecule is CC(O)c1ccccc1CNc1nc(N2CCC(N)CC2)nc2c1ncn2C(C)C. The van der Waals surface area contributed by atoms with Crippen LogP contribution < -0.4 is 16.0 Å². The van der Waals surface area contributed by atoms with Crippen molar-refractivity contribution in [2.24, 2.45) is 5.73 Å². The molecule has 1 unspecified atom stereocenters. The van der Waals surface area contributed by atoms with Gasteiger partial charge in [-0.15, -0.1) is 0 Å². The van der Waals surface area contributed by atoms with E-state index >= 15 is 0 Å². The van der Waals surface area contributed by atoms with Crippen LogP contribution in [-0.4, -0.2) is 43.8 Å². The summed E-state index contributed by atoms with van der Waals surface area (Å²) in [6, 6.07) is 8.39. The van der Waals surface area contributed by atoms with Crippen molar-refractivity contribution in [3.63, 3.8) is 0 Å². The molecule has 1 fully saturated rings. The zero-order chi connectivity index (χ0) is 21.3. The number of aromatic nitrogens is 4. The number of hydrogen-bond donors (Lipinski definition) is 3. The van der Waals surface area contributed by atoms with Gasteiger partial charge in [0.1, 0.15) is 0 Å². The number of benzene rings is 1. The Bertz CT molecular complexity index is 1010. The normalized spacial score (nSPS) is 16.4. The Morgan fingerprint density at radius 2 is 1.90 bits per heavy atom. The molecule has 0 radical (unpaired) electrons. The number of piperidine rings is 1. The molecule has 1 saturated heterocycles. The molecule has 1 aliphatic rings. The molecule has 1 atom stereocenters. The van der Waals surface area contributed by atoms with E-state index in [2.05, 4.69) is 33.6 Å². The molecule has 2 aromatic heterocycles. The summed E-state index contributed by atoms with van der Waals surface area (Å²) in [6.45, 7) is 8.28. The minimum Gasteiger partial charge on any atom is -0.389 e. The van der Waals surface area contributed by atoms with E-state index in [1.807, 2.05) is 30.6 Å². The van der Waals surface area contributed by atoms with E-state index in [0.717, 1.165) is 48.2 Å². The third-order valence-electron chi connectivity index (χ3n) is 5.74. The van der Waals surface area contributed by atoms with E-state index in [1.54, 1.807) is 6.92 Å². The number of fused-ring (bicyclic) bond motifs is 1. The number of aliphatic hydroxyl groups excluding tert-OH is 1. The van der Waals surface area contributed by atoms with Gasteiger partial charge >= 0.3 is 0 Å². The summed E-state index contributed by atoms with van der Waals surface area (Å²) >= 11 is 0. The maximum atomic E-state index is 10.1. The summed E-state index contributed by atoms with van der Waals surface area (Å²) in [6.07, 6.45) is 3.18. The van der Waals surface area contributed by atoms with Gasteiger partial charge in [0.25, 0.3) is 0 Å². The molecular formula is C22H31N7O. The Morgan fingerprint density at radius 1 is 1.17 bits per heavy atom. The van der Waals surface area contributed by atoms with Crippen LogP contribution in [0.4, 0.5) is 11.8 Å². The van der Waals surface area contributed by atoms with Gasteiger partial charge in [0.2, 0.25) is 5.95 Å².